The number of likely N-dealkylation sites (tertiary alicyclic amines) is 1. The summed E-state index contributed by atoms with van der Waals surface area (Å²) in [6.45, 7) is 4.38. The molecule has 0 amide bonds. The number of benzene rings is 1. The zero-order valence-electron chi connectivity index (χ0n) is 15.9. The first-order chi connectivity index (χ1) is 12.7. The molecule has 3 aliphatic rings. The van der Waals surface area contributed by atoms with Crippen LogP contribution < -0.4 is 5.32 Å². The summed E-state index contributed by atoms with van der Waals surface area (Å²) >= 11 is 0. The molecule has 2 unspecified atom stereocenters. The summed E-state index contributed by atoms with van der Waals surface area (Å²) in [4.78, 5) is 2.53. The van der Waals surface area contributed by atoms with Gasteiger partial charge >= 0.3 is 0 Å². The average Bonchev–Trinajstić information content (AvgIpc) is 2.69. The molecule has 4 atom stereocenters. The van der Waals surface area contributed by atoms with Gasteiger partial charge in [-0.15, -0.1) is 0 Å². The minimum atomic E-state index is -0.134. The van der Waals surface area contributed by atoms with Crippen LogP contribution in [0.1, 0.15) is 55.6 Å². The maximum atomic E-state index is 10.4. The van der Waals surface area contributed by atoms with Crippen molar-refractivity contribution >= 4 is 5.69 Å². The van der Waals surface area contributed by atoms with Crippen molar-refractivity contribution in [2.45, 2.75) is 57.0 Å². The van der Waals surface area contributed by atoms with E-state index >= 15 is 0 Å². The molecule has 1 aliphatic carbocycles. The van der Waals surface area contributed by atoms with E-state index in [-0.39, 0.29) is 12.7 Å². The van der Waals surface area contributed by atoms with Crippen molar-refractivity contribution < 1.29 is 10.2 Å². The van der Waals surface area contributed by atoms with Crippen LogP contribution in [-0.4, -0.2) is 54.0 Å². The highest BCUT2D eigenvalue weighted by Gasteiger charge is 2.33. The van der Waals surface area contributed by atoms with E-state index in [0.717, 1.165) is 45.4 Å². The lowest BCUT2D eigenvalue weighted by Crippen LogP contribution is -2.45. The Balaban J connectivity index is 1.51. The summed E-state index contributed by atoms with van der Waals surface area (Å²) in [6, 6.07) is 6.70. The van der Waals surface area contributed by atoms with Crippen LogP contribution in [-0.2, 0) is 6.42 Å². The van der Waals surface area contributed by atoms with E-state index in [1.54, 1.807) is 0 Å². The van der Waals surface area contributed by atoms with Gasteiger partial charge in [0.1, 0.15) is 0 Å². The molecule has 4 nitrogen and oxygen atoms in total. The Hall–Kier alpha value is -1.10. The summed E-state index contributed by atoms with van der Waals surface area (Å²) in [7, 11) is 0. The Morgan fingerprint density at radius 2 is 2.00 bits per heavy atom. The van der Waals surface area contributed by atoms with Crippen LogP contribution in [0.25, 0.3) is 0 Å². The number of hydrogen-bond acceptors (Lipinski definition) is 4. The molecule has 1 saturated carbocycles. The fourth-order valence-corrected chi connectivity index (χ4v) is 5.46. The number of aliphatic hydroxyl groups excluding tert-OH is 2. The lowest BCUT2D eigenvalue weighted by atomic mass is 9.80. The van der Waals surface area contributed by atoms with Gasteiger partial charge < -0.3 is 20.4 Å². The topological polar surface area (TPSA) is 55.7 Å². The Morgan fingerprint density at radius 1 is 1.12 bits per heavy atom. The average molecular weight is 359 g/mol. The van der Waals surface area contributed by atoms with Gasteiger partial charge in [0.2, 0.25) is 0 Å². The first-order valence-electron chi connectivity index (χ1n) is 10.6. The Labute approximate surface area is 157 Å². The smallest absolute Gasteiger partial charge is 0.0580 e. The number of fused-ring (bicyclic) bond motifs is 1. The predicted molar refractivity (Wildman–Crippen MR) is 106 cm³/mol. The van der Waals surface area contributed by atoms with Gasteiger partial charge in [0, 0.05) is 38.5 Å². The van der Waals surface area contributed by atoms with Gasteiger partial charge in [0.05, 0.1) is 6.10 Å². The van der Waals surface area contributed by atoms with Crippen molar-refractivity contribution in [1.82, 2.24) is 4.90 Å². The van der Waals surface area contributed by atoms with E-state index in [9.17, 15) is 10.2 Å². The third kappa shape index (κ3) is 3.92. The standard InChI is InChI=1S/C22H34N2O2/c25-15-16-11-18(19-6-3-8-21-20(19)7-4-10-23-21)14-24(12-16)13-17-5-1-2-9-22(17)26/h3,6,8,16-18,22-23,25-26H,1-2,4-5,7,9-15H2/t16-,17?,18+,22?/m0/s1. The summed E-state index contributed by atoms with van der Waals surface area (Å²) in [6.07, 6.45) is 7.85. The van der Waals surface area contributed by atoms with Crippen LogP contribution in [0.2, 0.25) is 0 Å². The second kappa shape index (κ2) is 8.28. The summed E-state index contributed by atoms with van der Waals surface area (Å²) in [5.74, 6) is 1.26. The van der Waals surface area contributed by atoms with Gasteiger partial charge in [-0.1, -0.05) is 25.0 Å². The third-order valence-electron chi connectivity index (χ3n) is 6.80. The molecule has 144 valence electrons. The molecule has 4 heteroatoms. The molecule has 1 aromatic rings. The molecule has 1 saturated heterocycles. The lowest BCUT2D eigenvalue weighted by Gasteiger charge is -2.41. The van der Waals surface area contributed by atoms with E-state index in [1.165, 1.54) is 42.5 Å². The minimum absolute atomic E-state index is 0.134. The van der Waals surface area contributed by atoms with E-state index in [2.05, 4.69) is 28.4 Å². The van der Waals surface area contributed by atoms with E-state index in [1.807, 2.05) is 0 Å². The summed E-state index contributed by atoms with van der Waals surface area (Å²) < 4.78 is 0. The van der Waals surface area contributed by atoms with Crippen LogP contribution in [0, 0.1) is 11.8 Å². The molecule has 2 fully saturated rings. The van der Waals surface area contributed by atoms with Gasteiger partial charge in [0.15, 0.2) is 0 Å². The van der Waals surface area contributed by atoms with Crippen molar-refractivity contribution in [1.29, 1.82) is 0 Å². The van der Waals surface area contributed by atoms with Crippen molar-refractivity contribution in [3.05, 3.63) is 29.3 Å². The maximum absolute atomic E-state index is 10.4. The summed E-state index contributed by atoms with van der Waals surface area (Å²) in [5.41, 5.74) is 4.30. The zero-order valence-corrected chi connectivity index (χ0v) is 15.9. The number of piperidine rings is 1. The van der Waals surface area contributed by atoms with Crippen molar-refractivity contribution in [2.24, 2.45) is 11.8 Å². The minimum Gasteiger partial charge on any atom is -0.396 e. The summed E-state index contributed by atoms with van der Waals surface area (Å²) in [5, 5.41) is 23.8. The fraction of sp³-hybridized carbons (Fsp3) is 0.727. The van der Waals surface area contributed by atoms with Gasteiger partial charge in [-0.25, -0.2) is 0 Å². The van der Waals surface area contributed by atoms with Crippen LogP contribution in [0.4, 0.5) is 5.69 Å². The quantitative estimate of drug-likeness (QED) is 0.774. The van der Waals surface area contributed by atoms with E-state index in [4.69, 9.17) is 0 Å². The van der Waals surface area contributed by atoms with Crippen LogP contribution >= 0.6 is 0 Å². The molecule has 3 N–H and O–H groups in total. The normalized spacial score (nSPS) is 32.7. The van der Waals surface area contributed by atoms with Gasteiger partial charge in [-0.2, -0.15) is 0 Å². The number of nitrogens with one attached hydrogen (secondary N) is 1. The van der Waals surface area contributed by atoms with Crippen LogP contribution in [0.5, 0.6) is 0 Å². The lowest BCUT2D eigenvalue weighted by molar-refractivity contribution is 0.0268. The molecule has 2 aliphatic heterocycles. The number of rotatable bonds is 4. The second-order valence-electron chi connectivity index (χ2n) is 8.72. The molecule has 0 spiro atoms. The van der Waals surface area contributed by atoms with Crippen LogP contribution in [0.3, 0.4) is 0 Å². The van der Waals surface area contributed by atoms with E-state index in [0.29, 0.717) is 17.8 Å². The molecule has 4 rings (SSSR count). The monoisotopic (exact) mass is 358 g/mol. The Bertz CT molecular complexity index is 606. The molecular weight excluding hydrogens is 324 g/mol. The molecular formula is C22H34N2O2. The third-order valence-corrected chi connectivity index (χ3v) is 6.80. The molecule has 26 heavy (non-hydrogen) atoms. The molecule has 2 heterocycles. The number of anilines is 1. The molecule has 0 bridgehead atoms. The van der Waals surface area contributed by atoms with Crippen LogP contribution in [0.15, 0.2) is 18.2 Å². The second-order valence-corrected chi connectivity index (χ2v) is 8.72. The molecule has 0 aromatic heterocycles. The molecule has 0 radical (unpaired) electrons. The maximum Gasteiger partial charge on any atom is 0.0580 e. The largest absolute Gasteiger partial charge is 0.396 e. The van der Waals surface area contributed by atoms with Gasteiger partial charge in [-0.05, 0) is 67.1 Å². The van der Waals surface area contributed by atoms with Crippen molar-refractivity contribution in [2.75, 3.05) is 38.1 Å². The van der Waals surface area contributed by atoms with Crippen molar-refractivity contribution in [3.63, 3.8) is 0 Å². The first-order valence-corrected chi connectivity index (χ1v) is 10.6. The SMILES string of the molecule is OC[C@H]1C[C@@H](c2cccc3c2CCCN3)CN(CC2CCCCC2O)C1. The van der Waals surface area contributed by atoms with E-state index < -0.39 is 0 Å². The molecule has 1 aromatic carbocycles. The first kappa shape index (κ1) is 18.3. The Morgan fingerprint density at radius 3 is 2.85 bits per heavy atom. The number of aliphatic hydroxyl groups is 2. The highest BCUT2D eigenvalue weighted by molar-refractivity contribution is 5.57. The zero-order chi connectivity index (χ0) is 17.9. The predicted octanol–water partition coefficient (Wildman–Crippen LogP) is 2.99. The highest BCUT2D eigenvalue weighted by atomic mass is 16.3. The van der Waals surface area contributed by atoms with Gasteiger partial charge in [0.25, 0.3) is 0 Å². The fourth-order valence-electron chi connectivity index (χ4n) is 5.46. The van der Waals surface area contributed by atoms with Gasteiger partial charge in [-0.3, -0.25) is 0 Å². The van der Waals surface area contributed by atoms with Crippen molar-refractivity contribution in [3.8, 4) is 0 Å². The Kier molecular flexibility index (Phi) is 5.82. The number of hydrogen-bond donors (Lipinski definition) is 3. The number of nitrogens with zero attached hydrogens (tertiary/aromatic N) is 1. The highest BCUT2D eigenvalue weighted by Crippen LogP contribution is 2.37.